The molecule has 0 aliphatic rings. The van der Waals surface area contributed by atoms with Crippen LogP contribution >= 0.6 is 15.9 Å². The Hall–Kier alpha value is -1.66. The molecule has 1 aromatic heterocycles. The molecule has 6 heteroatoms. The first kappa shape index (κ1) is 14.7. The molecule has 0 bridgehead atoms. The normalized spacial score (nSPS) is 12.3. The van der Waals surface area contributed by atoms with Gasteiger partial charge in [0.1, 0.15) is 6.04 Å². The van der Waals surface area contributed by atoms with Crippen molar-refractivity contribution in [1.82, 2.24) is 15.1 Å². The summed E-state index contributed by atoms with van der Waals surface area (Å²) in [6.45, 7) is 0.499. The van der Waals surface area contributed by atoms with E-state index in [4.69, 9.17) is 0 Å². The number of rotatable bonds is 6. The summed E-state index contributed by atoms with van der Waals surface area (Å²) < 4.78 is 2.64. The molecule has 0 aliphatic heterocycles. The van der Waals surface area contributed by atoms with Crippen LogP contribution in [0, 0.1) is 0 Å². The van der Waals surface area contributed by atoms with Gasteiger partial charge in [-0.15, -0.1) is 0 Å². The molecule has 0 fully saturated rings. The second-order valence-electron chi connectivity index (χ2n) is 4.59. The maximum atomic E-state index is 11.3. The molecule has 106 valence electrons. The Bertz CT molecular complexity index is 598. The molecule has 1 atom stereocenters. The van der Waals surface area contributed by atoms with E-state index in [0.29, 0.717) is 13.0 Å². The predicted molar refractivity (Wildman–Crippen MR) is 79.3 cm³/mol. The topological polar surface area (TPSA) is 67.2 Å². The van der Waals surface area contributed by atoms with Crippen LogP contribution in [0.15, 0.2) is 41.1 Å². The highest BCUT2D eigenvalue weighted by Crippen LogP contribution is 2.15. The number of carboxylic acids is 1. The van der Waals surface area contributed by atoms with E-state index in [0.717, 1.165) is 15.6 Å². The van der Waals surface area contributed by atoms with Gasteiger partial charge in [0.2, 0.25) is 0 Å². The monoisotopic (exact) mass is 337 g/mol. The van der Waals surface area contributed by atoms with Crippen molar-refractivity contribution in [1.29, 1.82) is 0 Å². The summed E-state index contributed by atoms with van der Waals surface area (Å²) in [5.41, 5.74) is 1.93. The molecule has 0 saturated carbocycles. The van der Waals surface area contributed by atoms with Crippen molar-refractivity contribution in [3.05, 3.63) is 52.3 Å². The van der Waals surface area contributed by atoms with Gasteiger partial charge >= 0.3 is 5.97 Å². The van der Waals surface area contributed by atoms with Crippen LogP contribution in [0.5, 0.6) is 0 Å². The van der Waals surface area contributed by atoms with Crippen LogP contribution in [0.1, 0.15) is 11.1 Å². The minimum Gasteiger partial charge on any atom is -0.480 e. The second-order valence-corrected chi connectivity index (χ2v) is 5.44. The van der Waals surface area contributed by atoms with Gasteiger partial charge in [-0.05, 0) is 17.2 Å². The molecule has 0 amide bonds. The van der Waals surface area contributed by atoms with E-state index in [1.807, 2.05) is 37.5 Å². The van der Waals surface area contributed by atoms with Crippen molar-refractivity contribution in [3.8, 4) is 0 Å². The lowest BCUT2D eigenvalue weighted by atomic mass is 10.1. The Labute approximate surface area is 125 Å². The summed E-state index contributed by atoms with van der Waals surface area (Å²) >= 11 is 3.45. The van der Waals surface area contributed by atoms with E-state index >= 15 is 0 Å². The van der Waals surface area contributed by atoms with E-state index in [9.17, 15) is 9.90 Å². The van der Waals surface area contributed by atoms with Crippen molar-refractivity contribution >= 4 is 21.9 Å². The van der Waals surface area contributed by atoms with E-state index < -0.39 is 12.0 Å². The molecule has 0 radical (unpaired) electrons. The number of carboxylic acid groups (broad SMARTS) is 1. The number of aromatic nitrogens is 2. The minimum absolute atomic E-state index is 0.410. The first-order valence-electron chi connectivity index (χ1n) is 6.23. The Morgan fingerprint density at radius 3 is 2.85 bits per heavy atom. The number of aryl methyl sites for hydroxylation is 1. The highest BCUT2D eigenvalue weighted by Gasteiger charge is 2.18. The zero-order valence-corrected chi connectivity index (χ0v) is 12.7. The fraction of sp³-hybridized carbons (Fsp3) is 0.286. The van der Waals surface area contributed by atoms with Gasteiger partial charge in [0.25, 0.3) is 0 Å². The molecule has 2 N–H and O–H groups in total. The molecular weight excluding hydrogens is 322 g/mol. The smallest absolute Gasteiger partial charge is 0.321 e. The number of benzene rings is 1. The maximum absolute atomic E-state index is 11.3. The van der Waals surface area contributed by atoms with Gasteiger partial charge in [-0.3, -0.25) is 14.8 Å². The van der Waals surface area contributed by atoms with Crippen LogP contribution in [-0.2, 0) is 24.8 Å². The molecule has 20 heavy (non-hydrogen) atoms. The number of hydrogen-bond acceptors (Lipinski definition) is 3. The second kappa shape index (κ2) is 6.67. The van der Waals surface area contributed by atoms with E-state index in [1.54, 1.807) is 10.9 Å². The number of nitrogens with zero attached hydrogens (tertiary/aromatic N) is 2. The third-order valence-corrected chi connectivity index (χ3v) is 3.77. The standard InChI is InChI=1S/C14H16BrN3O2/c1-18-9-10(7-17-18)6-13(14(19)20)16-8-11-4-2-3-5-12(11)15/h2-5,7,9,13,16H,6,8H2,1H3,(H,19,20). The Morgan fingerprint density at radius 1 is 1.50 bits per heavy atom. The SMILES string of the molecule is Cn1cc(CC(NCc2ccccc2Br)C(=O)O)cn1. The molecule has 0 saturated heterocycles. The first-order chi connectivity index (χ1) is 9.56. The van der Waals surface area contributed by atoms with Crippen LogP contribution in [0.4, 0.5) is 0 Å². The largest absolute Gasteiger partial charge is 0.480 e. The summed E-state index contributed by atoms with van der Waals surface area (Å²) in [6, 6.07) is 7.12. The lowest BCUT2D eigenvalue weighted by Crippen LogP contribution is -2.38. The number of aliphatic carboxylic acids is 1. The number of halogens is 1. The predicted octanol–water partition coefficient (Wildman–Crippen LogP) is 1.97. The average Bonchev–Trinajstić information content (AvgIpc) is 2.81. The van der Waals surface area contributed by atoms with Crippen LogP contribution in [0.25, 0.3) is 0 Å². The number of hydrogen-bond donors (Lipinski definition) is 2. The van der Waals surface area contributed by atoms with E-state index in [2.05, 4.69) is 26.3 Å². The Morgan fingerprint density at radius 2 is 2.25 bits per heavy atom. The summed E-state index contributed by atoms with van der Waals surface area (Å²) in [4.78, 5) is 11.3. The van der Waals surface area contributed by atoms with Crippen LogP contribution in [0.2, 0.25) is 0 Å². The van der Waals surface area contributed by atoms with Crippen molar-refractivity contribution in [2.75, 3.05) is 0 Å². The molecule has 1 unspecified atom stereocenters. The van der Waals surface area contributed by atoms with Gasteiger partial charge < -0.3 is 5.11 Å². The molecule has 5 nitrogen and oxygen atoms in total. The van der Waals surface area contributed by atoms with Crippen molar-refractivity contribution < 1.29 is 9.90 Å². The third-order valence-electron chi connectivity index (χ3n) is 2.99. The summed E-state index contributed by atoms with van der Waals surface area (Å²) in [5.74, 6) is -0.860. The average molecular weight is 338 g/mol. The van der Waals surface area contributed by atoms with Crippen molar-refractivity contribution in [2.24, 2.45) is 7.05 Å². The fourth-order valence-electron chi connectivity index (χ4n) is 1.93. The lowest BCUT2D eigenvalue weighted by Gasteiger charge is -2.14. The minimum atomic E-state index is -0.860. The Balaban J connectivity index is 1.99. The van der Waals surface area contributed by atoms with Gasteiger partial charge in [-0.1, -0.05) is 34.1 Å². The molecule has 1 aromatic carbocycles. The third kappa shape index (κ3) is 3.91. The Kier molecular flexibility index (Phi) is 4.92. The fourth-order valence-corrected chi connectivity index (χ4v) is 2.36. The summed E-state index contributed by atoms with van der Waals surface area (Å²) in [7, 11) is 1.81. The zero-order chi connectivity index (χ0) is 14.5. The quantitative estimate of drug-likeness (QED) is 0.845. The van der Waals surface area contributed by atoms with E-state index in [-0.39, 0.29) is 0 Å². The molecule has 0 aliphatic carbocycles. The lowest BCUT2D eigenvalue weighted by molar-refractivity contribution is -0.139. The highest BCUT2D eigenvalue weighted by molar-refractivity contribution is 9.10. The first-order valence-corrected chi connectivity index (χ1v) is 7.02. The van der Waals surface area contributed by atoms with Gasteiger partial charge in [0, 0.05) is 30.7 Å². The van der Waals surface area contributed by atoms with Gasteiger partial charge in [0.15, 0.2) is 0 Å². The molecular formula is C14H16BrN3O2. The van der Waals surface area contributed by atoms with Crippen molar-refractivity contribution in [2.45, 2.75) is 19.0 Å². The molecule has 1 heterocycles. The van der Waals surface area contributed by atoms with Crippen LogP contribution in [-0.4, -0.2) is 26.9 Å². The highest BCUT2D eigenvalue weighted by atomic mass is 79.9. The number of carbonyl (C=O) groups is 1. The maximum Gasteiger partial charge on any atom is 0.321 e. The summed E-state index contributed by atoms with van der Waals surface area (Å²) in [5, 5.41) is 16.4. The molecule has 2 rings (SSSR count). The van der Waals surface area contributed by atoms with Crippen molar-refractivity contribution in [3.63, 3.8) is 0 Å². The zero-order valence-electron chi connectivity index (χ0n) is 11.1. The molecule has 2 aromatic rings. The van der Waals surface area contributed by atoms with E-state index in [1.165, 1.54) is 0 Å². The van der Waals surface area contributed by atoms with Gasteiger partial charge in [-0.2, -0.15) is 5.10 Å². The number of nitrogens with one attached hydrogen (secondary N) is 1. The van der Waals surface area contributed by atoms with Gasteiger partial charge in [0.05, 0.1) is 6.20 Å². The van der Waals surface area contributed by atoms with Crippen LogP contribution in [0.3, 0.4) is 0 Å². The molecule has 0 spiro atoms. The summed E-state index contributed by atoms with van der Waals surface area (Å²) in [6.07, 6.45) is 3.93. The van der Waals surface area contributed by atoms with Crippen LogP contribution < -0.4 is 5.32 Å². The van der Waals surface area contributed by atoms with Gasteiger partial charge in [-0.25, -0.2) is 0 Å².